The average molecular weight is 290 g/mol. The highest BCUT2D eigenvalue weighted by Crippen LogP contribution is 2.31. The van der Waals surface area contributed by atoms with Crippen molar-refractivity contribution < 1.29 is 0 Å². The monoisotopic (exact) mass is 290 g/mol. The molecule has 1 aliphatic rings. The lowest BCUT2D eigenvalue weighted by atomic mass is 9.95. The predicted molar refractivity (Wildman–Crippen MR) is 89.8 cm³/mol. The summed E-state index contributed by atoms with van der Waals surface area (Å²) in [6, 6.07) is 0.577. The van der Waals surface area contributed by atoms with Gasteiger partial charge in [-0.15, -0.1) is 0 Å². The zero-order valence-corrected chi connectivity index (χ0v) is 14.2. The summed E-state index contributed by atoms with van der Waals surface area (Å²) in [6.07, 6.45) is 6.29. The van der Waals surface area contributed by atoms with Crippen LogP contribution >= 0.6 is 0 Å². The van der Waals surface area contributed by atoms with E-state index in [2.05, 4.69) is 44.5 Å². The Morgan fingerprint density at radius 3 is 2.52 bits per heavy atom. The van der Waals surface area contributed by atoms with E-state index in [4.69, 9.17) is 10.7 Å². The molecular formula is C17H30N4. The van der Waals surface area contributed by atoms with E-state index in [1.165, 1.54) is 25.7 Å². The standard InChI is InChI=1S/C17H30N4/c1-6-13-10-8-7-9-11-21(13)15-12(2)14(18)19-16(20-15)17(3,4)5/h13H,6-11H2,1-5H3,(H2,18,19,20). The molecule has 0 radical (unpaired) electrons. The summed E-state index contributed by atoms with van der Waals surface area (Å²) in [5.74, 6) is 2.53. The van der Waals surface area contributed by atoms with Crippen LogP contribution in [0.25, 0.3) is 0 Å². The number of nitrogen functional groups attached to an aromatic ring is 1. The Bertz CT molecular complexity index is 490. The van der Waals surface area contributed by atoms with Crippen molar-refractivity contribution in [1.29, 1.82) is 0 Å². The van der Waals surface area contributed by atoms with Gasteiger partial charge in [-0.2, -0.15) is 0 Å². The van der Waals surface area contributed by atoms with Crippen LogP contribution in [0, 0.1) is 6.92 Å². The molecule has 0 bridgehead atoms. The second-order valence-corrected chi connectivity index (χ2v) is 7.24. The highest BCUT2D eigenvalue weighted by atomic mass is 15.2. The summed E-state index contributed by atoms with van der Waals surface area (Å²) in [7, 11) is 0. The maximum atomic E-state index is 6.17. The quantitative estimate of drug-likeness (QED) is 0.899. The second kappa shape index (κ2) is 6.20. The Labute approximate surface area is 129 Å². The van der Waals surface area contributed by atoms with E-state index in [0.29, 0.717) is 11.9 Å². The summed E-state index contributed by atoms with van der Waals surface area (Å²) < 4.78 is 0. The first-order chi connectivity index (χ1) is 9.84. The van der Waals surface area contributed by atoms with Crippen LogP contribution in [0.3, 0.4) is 0 Å². The van der Waals surface area contributed by atoms with Gasteiger partial charge in [-0.3, -0.25) is 0 Å². The summed E-state index contributed by atoms with van der Waals surface area (Å²) >= 11 is 0. The van der Waals surface area contributed by atoms with Gasteiger partial charge in [-0.25, -0.2) is 9.97 Å². The lowest BCUT2D eigenvalue weighted by Gasteiger charge is -2.33. The van der Waals surface area contributed by atoms with Crippen molar-refractivity contribution in [2.75, 3.05) is 17.2 Å². The van der Waals surface area contributed by atoms with Crippen LogP contribution in [0.15, 0.2) is 0 Å². The van der Waals surface area contributed by atoms with Crippen molar-refractivity contribution in [2.45, 2.75) is 78.2 Å². The zero-order chi connectivity index (χ0) is 15.6. The fourth-order valence-electron chi connectivity index (χ4n) is 3.02. The van der Waals surface area contributed by atoms with Gasteiger partial charge in [0.15, 0.2) is 0 Å². The van der Waals surface area contributed by atoms with Gasteiger partial charge in [0.2, 0.25) is 0 Å². The van der Waals surface area contributed by atoms with Crippen molar-refractivity contribution in [1.82, 2.24) is 9.97 Å². The van der Waals surface area contributed by atoms with Gasteiger partial charge in [-0.1, -0.05) is 40.5 Å². The molecule has 2 N–H and O–H groups in total. The number of hydrogen-bond acceptors (Lipinski definition) is 4. The first kappa shape index (κ1) is 16.1. The number of nitrogens with zero attached hydrogens (tertiary/aromatic N) is 3. The molecule has 1 aliphatic heterocycles. The number of aromatic nitrogens is 2. The van der Waals surface area contributed by atoms with E-state index in [-0.39, 0.29) is 5.41 Å². The van der Waals surface area contributed by atoms with Crippen LogP contribution in [-0.4, -0.2) is 22.6 Å². The van der Waals surface area contributed by atoms with Gasteiger partial charge >= 0.3 is 0 Å². The van der Waals surface area contributed by atoms with Gasteiger partial charge in [-0.05, 0) is 26.2 Å². The van der Waals surface area contributed by atoms with E-state index >= 15 is 0 Å². The largest absolute Gasteiger partial charge is 0.383 e. The normalized spacial score (nSPS) is 20.4. The van der Waals surface area contributed by atoms with E-state index in [9.17, 15) is 0 Å². The third-order valence-electron chi connectivity index (χ3n) is 4.45. The SMILES string of the molecule is CCC1CCCCCN1c1nc(C(C)(C)C)nc(N)c1C. The molecule has 0 saturated carbocycles. The van der Waals surface area contributed by atoms with Gasteiger partial charge in [0.25, 0.3) is 0 Å². The van der Waals surface area contributed by atoms with Crippen LogP contribution in [0.1, 0.15) is 71.2 Å². The van der Waals surface area contributed by atoms with Gasteiger partial charge in [0.05, 0.1) is 0 Å². The molecule has 1 aromatic rings. The molecular weight excluding hydrogens is 260 g/mol. The molecule has 1 saturated heterocycles. The maximum Gasteiger partial charge on any atom is 0.138 e. The molecule has 1 fully saturated rings. The number of hydrogen-bond donors (Lipinski definition) is 1. The average Bonchev–Trinajstić information content (AvgIpc) is 2.65. The third-order valence-corrected chi connectivity index (χ3v) is 4.45. The van der Waals surface area contributed by atoms with Crippen LogP contribution in [0.5, 0.6) is 0 Å². The molecule has 1 unspecified atom stereocenters. The summed E-state index contributed by atoms with van der Waals surface area (Å²) in [6.45, 7) is 11.8. The molecule has 118 valence electrons. The first-order valence-corrected chi connectivity index (χ1v) is 8.25. The third kappa shape index (κ3) is 3.47. The number of nitrogens with two attached hydrogens (primary N) is 1. The van der Waals surface area contributed by atoms with Crippen LogP contribution in [0.2, 0.25) is 0 Å². The van der Waals surface area contributed by atoms with E-state index in [1.807, 2.05) is 0 Å². The lowest BCUT2D eigenvalue weighted by molar-refractivity contribution is 0.528. The lowest BCUT2D eigenvalue weighted by Crippen LogP contribution is -2.36. The number of rotatable bonds is 2. The number of anilines is 2. The highest BCUT2D eigenvalue weighted by molar-refractivity contribution is 5.57. The maximum absolute atomic E-state index is 6.17. The van der Waals surface area contributed by atoms with Crippen LogP contribution < -0.4 is 10.6 Å². The van der Waals surface area contributed by atoms with E-state index in [0.717, 1.165) is 30.2 Å². The smallest absolute Gasteiger partial charge is 0.138 e. The topological polar surface area (TPSA) is 55.0 Å². The molecule has 4 nitrogen and oxygen atoms in total. The molecule has 0 aromatic carbocycles. The zero-order valence-electron chi connectivity index (χ0n) is 14.2. The molecule has 0 amide bonds. The minimum atomic E-state index is -0.0792. The minimum Gasteiger partial charge on any atom is -0.383 e. The summed E-state index contributed by atoms with van der Waals surface area (Å²) in [5, 5.41) is 0. The van der Waals surface area contributed by atoms with E-state index in [1.54, 1.807) is 0 Å². The van der Waals surface area contributed by atoms with Gasteiger partial charge in [0.1, 0.15) is 17.5 Å². The van der Waals surface area contributed by atoms with Crippen molar-refractivity contribution in [3.63, 3.8) is 0 Å². The highest BCUT2D eigenvalue weighted by Gasteiger charge is 2.26. The molecule has 4 heteroatoms. The predicted octanol–water partition coefficient (Wildman–Crippen LogP) is 3.82. The minimum absolute atomic E-state index is 0.0792. The molecule has 0 spiro atoms. The molecule has 1 atom stereocenters. The molecule has 2 rings (SSSR count). The van der Waals surface area contributed by atoms with Crippen molar-refractivity contribution in [3.8, 4) is 0 Å². The molecule has 0 aliphatic carbocycles. The van der Waals surface area contributed by atoms with Crippen molar-refractivity contribution in [3.05, 3.63) is 11.4 Å². The fraction of sp³-hybridized carbons (Fsp3) is 0.765. The Morgan fingerprint density at radius 1 is 1.19 bits per heavy atom. The molecule has 2 heterocycles. The first-order valence-electron chi connectivity index (χ1n) is 8.25. The molecule has 1 aromatic heterocycles. The summed E-state index contributed by atoms with van der Waals surface area (Å²) in [5.41, 5.74) is 7.12. The molecule has 21 heavy (non-hydrogen) atoms. The van der Waals surface area contributed by atoms with Crippen LogP contribution in [0.4, 0.5) is 11.6 Å². The van der Waals surface area contributed by atoms with Crippen molar-refractivity contribution in [2.24, 2.45) is 0 Å². The van der Waals surface area contributed by atoms with E-state index < -0.39 is 0 Å². The van der Waals surface area contributed by atoms with Crippen molar-refractivity contribution >= 4 is 11.6 Å². The van der Waals surface area contributed by atoms with Gasteiger partial charge in [0, 0.05) is 23.6 Å². The Morgan fingerprint density at radius 2 is 1.90 bits per heavy atom. The Kier molecular flexibility index (Phi) is 4.74. The van der Waals surface area contributed by atoms with Crippen LogP contribution in [-0.2, 0) is 5.41 Å². The summed E-state index contributed by atoms with van der Waals surface area (Å²) in [4.78, 5) is 11.9. The Hall–Kier alpha value is -1.32. The second-order valence-electron chi connectivity index (χ2n) is 7.24. The van der Waals surface area contributed by atoms with Gasteiger partial charge < -0.3 is 10.6 Å². The fourth-order valence-corrected chi connectivity index (χ4v) is 3.02. The Balaban J connectivity index is 2.47.